The third-order valence-electron chi connectivity index (χ3n) is 6.38. The first kappa shape index (κ1) is 18.2. The Balaban J connectivity index is 1.22. The van der Waals surface area contributed by atoms with Crippen LogP contribution in [-0.4, -0.2) is 70.5 Å². The maximum absolute atomic E-state index is 12.3. The van der Waals surface area contributed by atoms with Gasteiger partial charge in [-0.2, -0.15) is 0 Å². The van der Waals surface area contributed by atoms with Gasteiger partial charge in [0, 0.05) is 48.3 Å². The van der Waals surface area contributed by atoms with Crippen molar-refractivity contribution in [2.24, 2.45) is 4.99 Å². The minimum absolute atomic E-state index is 0.0445. The van der Waals surface area contributed by atoms with Gasteiger partial charge in [0.2, 0.25) is 0 Å². The zero-order valence-electron chi connectivity index (χ0n) is 16.1. The molecule has 148 valence electrons. The van der Waals surface area contributed by atoms with E-state index in [-0.39, 0.29) is 18.1 Å². The van der Waals surface area contributed by atoms with Crippen molar-refractivity contribution in [3.05, 3.63) is 35.2 Å². The molecule has 3 aliphatic heterocycles. The first-order valence-corrected chi connectivity index (χ1v) is 10.8. The molecule has 0 unspecified atom stereocenters. The molecule has 1 amide bonds. The van der Waals surface area contributed by atoms with Crippen molar-refractivity contribution in [1.29, 1.82) is 0 Å². The molecule has 2 atom stereocenters. The molecule has 2 fully saturated rings. The summed E-state index contributed by atoms with van der Waals surface area (Å²) in [5.74, 6) is 0.775. The Morgan fingerprint density at radius 2 is 2.07 bits per heavy atom. The van der Waals surface area contributed by atoms with Gasteiger partial charge < -0.3 is 10.4 Å². The molecule has 5 rings (SSSR count). The minimum atomic E-state index is -0.569. The number of carbonyl (C=O) groups is 1. The first-order valence-electron chi connectivity index (χ1n) is 10.0. The number of nitrogens with zero attached hydrogens (tertiary/aromatic N) is 3. The predicted molar refractivity (Wildman–Crippen MR) is 112 cm³/mol. The van der Waals surface area contributed by atoms with Crippen LogP contribution in [0.2, 0.25) is 0 Å². The van der Waals surface area contributed by atoms with Gasteiger partial charge in [0.15, 0.2) is 0 Å². The average molecular weight is 399 g/mol. The molecule has 0 saturated carbocycles. The second-order valence-electron chi connectivity index (χ2n) is 8.30. The van der Waals surface area contributed by atoms with Gasteiger partial charge in [0.1, 0.15) is 11.4 Å². The van der Waals surface area contributed by atoms with Crippen LogP contribution >= 0.6 is 11.3 Å². The van der Waals surface area contributed by atoms with E-state index < -0.39 is 5.54 Å². The summed E-state index contributed by atoms with van der Waals surface area (Å²) in [7, 11) is 0. The number of piperidine rings is 1. The fraction of sp³-hybridized carbons (Fsp3) is 0.524. The van der Waals surface area contributed by atoms with E-state index in [0.717, 1.165) is 44.9 Å². The highest BCUT2D eigenvalue weighted by atomic mass is 32.1. The van der Waals surface area contributed by atoms with Gasteiger partial charge in [0.25, 0.3) is 5.91 Å². The Morgan fingerprint density at radius 1 is 1.29 bits per heavy atom. The quantitative estimate of drug-likeness (QED) is 0.828. The molecule has 1 aromatic carbocycles. The lowest BCUT2D eigenvalue weighted by molar-refractivity contribution is -0.125. The van der Waals surface area contributed by atoms with E-state index in [4.69, 9.17) is 0 Å². The van der Waals surface area contributed by atoms with E-state index in [1.807, 2.05) is 18.3 Å². The third-order valence-corrected chi connectivity index (χ3v) is 7.48. The number of aliphatic hydroxyl groups excluding tert-OH is 1. The number of aliphatic hydroxyl groups is 1. The number of hydrogen-bond acceptors (Lipinski definition) is 6. The number of benzene rings is 1. The van der Waals surface area contributed by atoms with E-state index in [9.17, 15) is 9.90 Å². The molecule has 7 heteroatoms. The molecule has 1 spiro atoms. The number of thiophene rings is 1. The number of carbonyl (C=O) groups excluding carboxylic acids is 1. The van der Waals surface area contributed by atoms with Gasteiger partial charge in [-0.1, -0.05) is 18.2 Å². The molecular weight excluding hydrogens is 372 g/mol. The third kappa shape index (κ3) is 3.16. The van der Waals surface area contributed by atoms with Crippen molar-refractivity contribution in [2.75, 3.05) is 26.2 Å². The standard InChI is InChI=1S/C21H26N4O2S/c1-14-22-20(27)21(23-14)6-8-25(9-7-21)17-12-24(13-18(17)26)11-16-10-15-4-2-3-5-19(15)28-16/h2-5,10,17-18,26H,6-9,11-13H2,1H3,(H,22,23,27)/t17-,18-/m1/s1. The molecule has 2 saturated heterocycles. The molecule has 2 N–H and O–H groups in total. The van der Waals surface area contributed by atoms with Crippen LogP contribution in [0.5, 0.6) is 0 Å². The second-order valence-corrected chi connectivity index (χ2v) is 9.47. The van der Waals surface area contributed by atoms with Crippen molar-refractivity contribution in [1.82, 2.24) is 15.1 Å². The van der Waals surface area contributed by atoms with Crippen molar-refractivity contribution >= 4 is 33.2 Å². The van der Waals surface area contributed by atoms with Gasteiger partial charge in [0.05, 0.1) is 6.10 Å². The second kappa shape index (κ2) is 6.91. The van der Waals surface area contributed by atoms with Crippen LogP contribution in [0, 0.1) is 0 Å². The number of β-amino-alcohol motifs (C(OH)–C–C–N with tert-alkyl or cyclic N) is 1. The van der Waals surface area contributed by atoms with E-state index in [1.165, 1.54) is 15.0 Å². The fourth-order valence-corrected chi connectivity index (χ4v) is 6.02. The summed E-state index contributed by atoms with van der Waals surface area (Å²) < 4.78 is 1.32. The Hall–Kier alpha value is -1.80. The Bertz CT molecular complexity index is 898. The summed E-state index contributed by atoms with van der Waals surface area (Å²) in [6.07, 6.45) is 1.12. The molecule has 1 aromatic heterocycles. The topological polar surface area (TPSA) is 68.2 Å². The number of likely N-dealkylation sites (tertiary alicyclic amines) is 2. The molecule has 28 heavy (non-hydrogen) atoms. The Kier molecular flexibility index (Phi) is 4.50. The molecule has 0 aliphatic carbocycles. The highest BCUT2D eigenvalue weighted by Gasteiger charge is 2.47. The van der Waals surface area contributed by atoms with Crippen molar-refractivity contribution in [3.63, 3.8) is 0 Å². The number of amides is 1. The van der Waals surface area contributed by atoms with Gasteiger partial charge in [-0.15, -0.1) is 11.3 Å². The van der Waals surface area contributed by atoms with Crippen LogP contribution < -0.4 is 5.32 Å². The molecule has 4 heterocycles. The van der Waals surface area contributed by atoms with Crippen LogP contribution in [0.3, 0.4) is 0 Å². The van der Waals surface area contributed by atoms with Crippen LogP contribution in [0.15, 0.2) is 35.3 Å². The van der Waals surface area contributed by atoms with Gasteiger partial charge in [-0.3, -0.25) is 19.6 Å². The number of nitrogens with one attached hydrogen (secondary N) is 1. The van der Waals surface area contributed by atoms with Gasteiger partial charge >= 0.3 is 0 Å². The highest BCUT2D eigenvalue weighted by molar-refractivity contribution is 7.19. The normalized spacial score (nSPS) is 28.2. The lowest BCUT2D eigenvalue weighted by Crippen LogP contribution is -2.54. The Morgan fingerprint density at radius 3 is 2.79 bits per heavy atom. The van der Waals surface area contributed by atoms with E-state index >= 15 is 0 Å². The molecule has 0 radical (unpaired) electrons. The molecule has 6 nitrogen and oxygen atoms in total. The van der Waals surface area contributed by atoms with Crippen molar-refractivity contribution in [2.45, 2.75) is 44.0 Å². The molecule has 2 aromatic rings. The number of rotatable bonds is 3. The maximum Gasteiger partial charge on any atom is 0.253 e. The number of hydrogen-bond donors (Lipinski definition) is 2. The summed E-state index contributed by atoms with van der Waals surface area (Å²) in [6, 6.07) is 10.9. The monoisotopic (exact) mass is 398 g/mol. The maximum atomic E-state index is 12.3. The lowest BCUT2D eigenvalue weighted by Gasteiger charge is -2.39. The lowest BCUT2D eigenvalue weighted by atomic mass is 9.87. The van der Waals surface area contributed by atoms with Crippen LogP contribution in [0.1, 0.15) is 24.6 Å². The fourth-order valence-electron chi connectivity index (χ4n) is 4.91. The van der Waals surface area contributed by atoms with E-state index in [0.29, 0.717) is 6.54 Å². The molecular formula is C21H26N4O2S. The summed E-state index contributed by atoms with van der Waals surface area (Å²) in [5.41, 5.74) is -0.569. The number of aliphatic imine (C=N–C) groups is 1. The summed E-state index contributed by atoms with van der Waals surface area (Å²) in [5, 5.41) is 14.8. The number of fused-ring (bicyclic) bond motifs is 1. The summed E-state index contributed by atoms with van der Waals surface area (Å²) in [4.78, 5) is 22.9. The zero-order valence-corrected chi connectivity index (χ0v) is 16.9. The Labute approximate surface area is 168 Å². The average Bonchev–Trinajstić information content (AvgIpc) is 3.32. The minimum Gasteiger partial charge on any atom is -0.390 e. The SMILES string of the molecule is CC1=NC2(CCN([C@@H]3CN(Cc4cc5ccccc5s4)C[C@H]3O)CC2)C(=O)N1. The van der Waals surface area contributed by atoms with Gasteiger partial charge in [-0.05, 0) is 37.3 Å². The predicted octanol–water partition coefficient (Wildman–Crippen LogP) is 1.83. The highest BCUT2D eigenvalue weighted by Crippen LogP contribution is 2.33. The van der Waals surface area contributed by atoms with E-state index in [1.54, 1.807) is 0 Å². The first-order chi connectivity index (χ1) is 13.5. The summed E-state index contributed by atoms with van der Waals surface area (Å²) >= 11 is 1.84. The van der Waals surface area contributed by atoms with Crippen molar-refractivity contribution < 1.29 is 9.90 Å². The van der Waals surface area contributed by atoms with Crippen LogP contribution in [0.4, 0.5) is 0 Å². The number of amidine groups is 1. The summed E-state index contributed by atoms with van der Waals surface area (Å²) in [6.45, 7) is 5.93. The smallest absolute Gasteiger partial charge is 0.253 e. The molecule has 3 aliphatic rings. The largest absolute Gasteiger partial charge is 0.390 e. The van der Waals surface area contributed by atoms with Crippen LogP contribution in [0.25, 0.3) is 10.1 Å². The van der Waals surface area contributed by atoms with E-state index in [2.05, 4.69) is 50.4 Å². The van der Waals surface area contributed by atoms with Crippen LogP contribution in [-0.2, 0) is 11.3 Å². The van der Waals surface area contributed by atoms with Gasteiger partial charge in [-0.25, -0.2) is 0 Å². The van der Waals surface area contributed by atoms with Crippen molar-refractivity contribution in [3.8, 4) is 0 Å². The zero-order chi connectivity index (χ0) is 19.3. The molecule has 0 bridgehead atoms.